The van der Waals surface area contributed by atoms with Crippen molar-refractivity contribution in [3.8, 4) is 5.75 Å². The zero-order chi connectivity index (χ0) is 13.2. The molecule has 0 aromatic heterocycles. The summed E-state index contributed by atoms with van der Waals surface area (Å²) in [4.78, 5) is 10.5. The number of primary amides is 1. The van der Waals surface area contributed by atoms with E-state index < -0.39 is 16.3 Å². The van der Waals surface area contributed by atoms with E-state index in [9.17, 15) is 13.2 Å². The van der Waals surface area contributed by atoms with E-state index in [0.717, 1.165) is 5.39 Å². The molecule has 94 valence electrons. The lowest BCUT2D eigenvalue weighted by atomic mass is 10.1. The first-order chi connectivity index (χ1) is 8.48. The van der Waals surface area contributed by atoms with Crippen LogP contribution in [0.15, 0.2) is 42.5 Å². The molecule has 6 nitrogen and oxygen atoms in total. The summed E-state index contributed by atoms with van der Waals surface area (Å²) in [7, 11) is -4.25. The van der Waals surface area contributed by atoms with E-state index in [1.165, 1.54) is 10.8 Å². The van der Waals surface area contributed by atoms with Crippen LogP contribution in [0.3, 0.4) is 0 Å². The van der Waals surface area contributed by atoms with Gasteiger partial charge in [-0.15, -0.1) is 0 Å². The number of carbonyl (C=O) groups excluding carboxylic acids is 1. The Morgan fingerprint density at radius 3 is 2.50 bits per heavy atom. The predicted octanol–water partition coefficient (Wildman–Crippen LogP) is 1.13. The maximum Gasteiger partial charge on any atom is 0.411 e. The van der Waals surface area contributed by atoms with Gasteiger partial charge in [-0.1, -0.05) is 36.4 Å². The van der Waals surface area contributed by atoms with Crippen molar-refractivity contribution in [2.45, 2.75) is 0 Å². The molecule has 0 aliphatic heterocycles. The molecule has 0 heterocycles. The quantitative estimate of drug-likeness (QED) is 0.870. The molecule has 2 amide bonds. The largest absolute Gasteiger partial charge is 0.411 e. The molecule has 3 N–H and O–H groups in total. The van der Waals surface area contributed by atoms with Gasteiger partial charge in [0.25, 0.3) is 0 Å². The van der Waals surface area contributed by atoms with Gasteiger partial charge in [-0.25, -0.2) is 9.52 Å². The fraction of sp³-hybridized carbons (Fsp3) is 0. The summed E-state index contributed by atoms with van der Waals surface area (Å²) in [6.07, 6.45) is 0. The second kappa shape index (κ2) is 4.53. The van der Waals surface area contributed by atoms with Crippen molar-refractivity contribution in [1.29, 1.82) is 0 Å². The third kappa shape index (κ3) is 2.69. The summed E-state index contributed by atoms with van der Waals surface area (Å²) < 4.78 is 29.1. The van der Waals surface area contributed by atoms with Gasteiger partial charge in [0.05, 0.1) is 0 Å². The van der Waals surface area contributed by atoms with Crippen LogP contribution < -0.4 is 14.6 Å². The second-order valence-electron chi connectivity index (χ2n) is 3.48. The molecule has 0 atom stereocenters. The number of urea groups is 1. The van der Waals surface area contributed by atoms with Gasteiger partial charge in [-0.05, 0) is 11.5 Å². The summed E-state index contributed by atoms with van der Waals surface area (Å²) in [5, 5.41) is 1.44. The molecule has 2 aromatic carbocycles. The summed E-state index contributed by atoms with van der Waals surface area (Å²) in [5.74, 6) is 0.127. The van der Waals surface area contributed by atoms with Gasteiger partial charge in [0.15, 0.2) is 5.75 Å². The van der Waals surface area contributed by atoms with Crippen LogP contribution in [0.1, 0.15) is 0 Å². The number of carbonyl (C=O) groups is 1. The van der Waals surface area contributed by atoms with E-state index >= 15 is 0 Å². The second-order valence-corrected chi connectivity index (χ2v) is 4.76. The molecule has 2 aromatic rings. The Balaban J connectivity index is 2.41. The molecular weight excluding hydrogens is 256 g/mol. The van der Waals surface area contributed by atoms with E-state index in [0.29, 0.717) is 5.39 Å². The lowest BCUT2D eigenvalue weighted by Crippen LogP contribution is -2.37. The minimum Gasteiger partial charge on any atom is -0.366 e. The maximum absolute atomic E-state index is 11.4. The van der Waals surface area contributed by atoms with Crippen LogP contribution in [0.2, 0.25) is 0 Å². The normalized spacial score (nSPS) is 11.1. The third-order valence-corrected chi connectivity index (χ3v) is 3.02. The molecule has 0 unspecified atom stereocenters. The van der Waals surface area contributed by atoms with Crippen molar-refractivity contribution in [2.24, 2.45) is 5.73 Å². The third-order valence-electron chi connectivity index (χ3n) is 2.17. The van der Waals surface area contributed by atoms with Gasteiger partial charge in [0, 0.05) is 5.39 Å². The molecule has 2 rings (SSSR count). The van der Waals surface area contributed by atoms with Crippen molar-refractivity contribution in [1.82, 2.24) is 4.72 Å². The van der Waals surface area contributed by atoms with Crippen molar-refractivity contribution >= 4 is 27.1 Å². The Bertz CT molecular complexity index is 692. The molecule has 7 heteroatoms. The first kappa shape index (κ1) is 12.2. The summed E-state index contributed by atoms with van der Waals surface area (Å²) in [6, 6.07) is 10.9. The van der Waals surface area contributed by atoms with Crippen molar-refractivity contribution in [2.75, 3.05) is 0 Å². The van der Waals surface area contributed by atoms with Gasteiger partial charge in [-0.3, -0.25) is 0 Å². The van der Waals surface area contributed by atoms with Crippen molar-refractivity contribution < 1.29 is 17.4 Å². The maximum atomic E-state index is 11.4. The Morgan fingerprint density at radius 2 is 1.78 bits per heavy atom. The first-order valence-corrected chi connectivity index (χ1v) is 6.38. The number of nitrogens with one attached hydrogen (secondary N) is 1. The summed E-state index contributed by atoms with van der Waals surface area (Å²) >= 11 is 0. The molecule has 0 radical (unpaired) electrons. The number of hydrogen-bond donors (Lipinski definition) is 2. The molecule has 0 fully saturated rings. The number of fused-ring (bicyclic) bond motifs is 1. The lowest BCUT2D eigenvalue weighted by Gasteiger charge is -2.08. The van der Waals surface area contributed by atoms with E-state index in [-0.39, 0.29) is 5.75 Å². The van der Waals surface area contributed by atoms with Gasteiger partial charge in [-0.2, -0.15) is 8.42 Å². The fourth-order valence-corrected chi connectivity index (χ4v) is 2.20. The van der Waals surface area contributed by atoms with Crippen LogP contribution in [-0.4, -0.2) is 14.4 Å². The van der Waals surface area contributed by atoms with Crippen LogP contribution >= 0.6 is 0 Å². The zero-order valence-electron chi connectivity index (χ0n) is 9.16. The van der Waals surface area contributed by atoms with Gasteiger partial charge in [0.2, 0.25) is 0 Å². The van der Waals surface area contributed by atoms with Gasteiger partial charge >= 0.3 is 16.3 Å². The van der Waals surface area contributed by atoms with Crippen LogP contribution in [-0.2, 0) is 10.3 Å². The van der Waals surface area contributed by atoms with E-state index in [2.05, 4.69) is 0 Å². The van der Waals surface area contributed by atoms with Crippen LogP contribution in [0.4, 0.5) is 4.79 Å². The van der Waals surface area contributed by atoms with E-state index in [1.807, 2.05) is 18.2 Å². The topological polar surface area (TPSA) is 98.5 Å². The zero-order valence-corrected chi connectivity index (χ0v) is 9.98. The molecule has 0 spiro atoms. The predicted molar refractivity (Wildman–Crippen MR) is 66.2 cm³/mol. The summed E-state index contributed by atoms with van der Waals surface area (Å²) in [6.45, 7) is 0. The van der Waals surface area contributed by atoms with E-state index in [4.69, 9.17) is 9.92 Å². The highest BCUT2D eigenvalue weighted by Gasteiger charge is 2.15. The molecule has 18 heavy (non-hydrogen) atoms. The Kier molecular flexibility index (Phi) is 3.07. The number of nitrogens with two attached hydrogens (primary N) is 1. The molecule has 0 aliphatic rings. The average molecular weight is 266 g/mol. The van der Waals surface area contributed by atoms with Crippen LogP contribution in [0.25, 0.3) is 10.8 Å². The molecule has 0 aliphatic carbocycles. The highest BCUT2D eigenvalue weighted by molar-refractivity contribution is 7.85. The van der Waals surface area contributed by atoms with Gasteiger partial charge in [0.1, 0.15) is 0 Å². The van der Waals surface area contributed by atoms with E-state index in [1.54, 1.807) is 18.2 Å². The Hall–Kier alpha value is -2.28. The number of hydrogen-bond acceptors (Lipinski definition) is 4. The standard InChI is InChI=1S/C11H10N2O4S/c12-11(14)13-18(15,16)17-10-7-3-5-8-4-1-2-6-9(8)10/h1-7H,(H3,12,13,14). The van der Waals surface area contributed by atoms with Crippen LogP contribution in [0.5, 0.6) is 5.75 Å². The Labute approximate surface area is 104 Å². The minimum atomic E-state index is -4.25. The molecular formula is C11H10N2O4S. The Morgan fingerprint density at radius 1 is 1.11 bits per heavy atom. The fourth-order valence-electron chi connectivity index (χ4n) is 1.53. The average Bonchev–Trinajstić information content (AvgIpc) is 2.27. The van der Waals surface area contributed by atoms with Crippen LogP contribution in [0, 0.1) is 0 Å². The molecule has 0 saturated heterocycles. The van der Waals surface area contributed by atoms with Crippen molar-refractivity contribution in [3.63, 3.8) is 0 Å². The van der Waals surface area contributed by atoms with Crippen molar-refractivity contribution in [3.05, 3.63) is 42.5 Å². The smallest absolute Gasteiger partial charge is 0.366 e. The van der Waals surface area contributed by atoms with Gasteiger partial charge < -0.3 is 9.92 Å². The molecule has 0 bridgehead atoms. The summed E-state index contributed by atoms with van der Waals surface area (Å²) in [5.41, 5.74) is 4.74. The monoisotopic (exact) mass is 266 g/mol. The minimum absolute atomic E-state index is 0.127. The number of amides is 2. The SMILES string of the molecule is NC(=O)NS(=O)(=O)Oc1cccc2ccccc12. The number of benzene rings is 2. The lowest BCUT2D eigenvalue weighted by molar-refractivity contribution is 0.253. The first-order valence-electron chi connectivity index (χ1n) is 4.97. The highest BCUT2D eigenvalue weighted by atomic mass is 32.2. The number of rotatable bonds is 3. The highest BCUT2D eigenvalue weighted by Crippen LogP contribution is 2.25. The molecule has 0 saturated carbocycles.